The standard InChI is InChI=1S/C14H24O4/c1-4-5-8-17-13-10-14(3,11-18-13)7-6-9-16-12(2)15/h6,9,13H,4-5,7-8,10-11H2,1-3H3/b9-6+. The van der Waals surface area contributed by atoms with E-state index in [4.69, 9.17) is 14.2 Å². The molecule has 0 aromatic heterocycles. The lowest BCUT2D eigenvalue weighted by Gasteiger charge is -2.19. The van der Waals surface area contributed by atoms with Crippen LogP contribution in [0.3, 0.4) is 0 Å². The van der Waals surface area contributed by atoms with E-state index < -0.39 is 0 Å². The Morgan fingerprint density at radius 2 is 2.33 bits per heavy atom. The predicted octanol–water partition coefficient (Wildman–Crippen LogP) is 3.02. The highest BCUT2D eigenvalue weighted by atomic mass is 16.7. The molecule has 1 saturated heterocycles. The number of rotatable bonds is 7. The molecule has 0 N–H and O–H groups in total. The Bertz CT molecular complexity index is 288. The minimum absolute atomic E-state index is 0.0769. The van der Waals surface area contributed by atoms with Crippen molar-refractivity contribution in [3.05, 3.63) is 12.3 Å². The van der Waals surface area contributed by atoms with E-state index in [2.05, 4.69) is 13.8 Å². The molecule has 1 aliphatic rings. The minimum Gasteiger partial charge on any atom is -0.435 e. The highest BCUT2D eigenvalue weighted by molar-refractivity contribution is 5.66. The van der Waals surface area contributed by atoms with Gasteiger partial charge in [-0.1, -0.05) is 20.3 Å². The number of unbranched alkanes of at least 4 members (excludes halogenated alkanes) is 1. The van der Waals surface area contributed by atoms with Gasteiger partial charge in [0.15, 0.2) is 6.29 Å². The van der Waals surface area contributed by atoms with E-state index >= 15 is 0 Å². The summed E-state index contributed by atoms with van der Waals surface area (Å²) >= 11 is 0. The zero-order valence-corrected chi connectivity index (χ0v) is 11.6. The molecule has 104 valence electrons. The molecule has 1 aliphatic heterocycles. The van der Waals surface area contributed by atoms with Gasteiger partial charge in [0, 0.05) is 20.0 Å². The maximum Gasteiger partial charge on any atom is 0.307 e. The summed E-state index contributed by atoms with van der Waals surface area (Å²) in [7, 11) is 0. The Kier molecular flexibility index (Phi) is 6.36. The van der Waals surface area contributed by atoms with Crippen LogP contribution in [0.15, 0.2) is 12.3 Å². The van der Waals surface area contributed by atoms with Crippen LogP contribution in [-0.2, 0) is 19.0 Å². The third kappa shape index (κ3) is 5.65. The van der Waals surface area contributed by atoms with Crippen LogP contribution in [0, 0.1) is 5.41 Å². The van der Waals surface area contributed by atoms with E-state index in [-0.39, 0.29) is 17.7 Å². The summed E-state index contributed by atoms with van der Waals surface area (Å²) in [6, 6.07) is 0. The normalized spacial score (nSPS) is 27.8. The van der Waals surface area contributed by atoms with Crippen molar-refractivity contribution < 1.29 is 19.0 Å². The van der Waals surface area contributed by atoms with Crippen molar-refractivity contribution >= 4 is 5.97 Å². The molecule has 4 nitrogen and oxygen atoms in total. The Morgan fingerprint density at radius 3 is 3.00 bits per heavy atom. The molecule has 0 spiro atoms. The molecule has 0 aliphatic carbocycles. The van der Waals surface area contributed by atoms with Crippen molar-refractivity contribution in [1.82, 2.24) is 0 Å². The molecule has 0 radical (unpaired) electrons. The van der Waals surface area contributed by atoms with E-state index in [1.807, 2.05) is 6.08 Å². The summed E-state index contributed by atoms with van der Waals surface area (Å²) in [5.74, 6) is -0.292. The average Bonchev–Trinajstić information content (AvgIpc) is 2.68. The van der Waals surface area contributed by atoms with Crippen LogP contribution >= 0.6 is 0 Å². The first kappa shape index (κ1) is 15.2. The Hall–Kier alpha value is -0.870. The van der Waals surface area contributed by atoms with Crippen molar-refractivity contribution in [2.75, 3.05) is 13.2 Å². The number of allylic oxidation sites excluding steroid dienone is 1. The minimum atomic E-state index is -0.292. The Labute approximate surface area is 109 Å². The molecule has 0 bridgehead atoms. The number of carbonyl (C=O) groups is 1. The van der Waals surface area contributed by atoms with Gasteiger partial charge in [-0.05, 0) is 24.3 Å². The first-order chi connectivity index (χ1) is 8.56. The van der Waals surface area contributed by atoms with Crippen LogP contribution in [0.2, 0.25) is 0 Å². The molecule has 0 aromatic carbocycles. The fourth-order valence-corrected chi connectivity index (χ4v) is 1.90. The SMILES string of the molecule is CCCCOC1CC(C)(C/C=C/OC(C)=O)CO1. The number of esters is 1. The maximum atomic E-state index is 10.6. The fraction of sp³-hybridized carbons (Fsp3) is 0.786. The van der Waals surface area contributed by atoms with Crippen molar-refractivity contribution in [1.29, 1.82) is 0 Å². The number of ether oxygens (including phenoxy) is 3. The van der Waals surface area contributed by atoms with Gasteiger partial charge in [-0.3, -0.25) is 4.79 Å². The molecule has 0 saturated carbocycles. The third-order valence-corrected chi connectivity index (χ3v) is 3.02. The summed E-state index contributed by atoms with van der Waals surface area (Å²) < 4.78 is 16.0. The van der Waals surface area contributed by atoms with Gasteiger partial charge in [-0.25, -0.2) is 0 Å². The Morgan fingerprint density at radius 1 is 1.56 bits per heavy atom. The summed E-state index contributed by atoms with van der Waals surface area (Å²) in [4.78, 5) is 10.6. The maximum absolute atomic E-state index is 10.6. The lowest BCUT2D eigenvalue weighted by Crippen LogP contribution is -2.16. The van der Waals surface area contributed by atoms with Crippen molar-refractivity contribution in [3.63, 3.8) is 0 Å². The highest BCUT2D eigenvalue weighted by Crippen LogP contribution is 2.36. The van der Waals surface area contributed by atoms with Gasteiger partial charge in [-0.2, -0.15) is 0 Å². The molecule has 4 heteroatoms. The smallest absolute Gasteiger partial charge is 0.307 e. The highest BCUT2D eigenvalue weighted by Gasteiger charge is 2.35. The van der Waals surface area contributed by atoms with Crippen molar-refractivity contribution in [3.8, 4) is 0 Å². The molecule has 0 aromatic rings. The second-order valence-electron chi connectivity index (χ2n) is 5.17. The first-order valence-electron chi connectivity index (χ1n) is 6.61. The molecule has 1 fully saturated rings. The summed E-state index contributed by atoms with van der Waals surface area (Å²) in [6.07, 6.45) is 7.18. The molecular formula is C14H24O4. The van der Waals surface area contributed by atoms with Gasteiger partial charge in [-0.15, -0.1) is 0 Å². The van der Waals surface area contributed by atoms with E-state index in [1.165, 1.54) is 13.2 Å². The summed E-state index contributed by atoms with van der Waals surface area (Å²) in [5, 5.41) is 0. The van der Waals surface area contributed by atoms with Gasteiger partial charge in [0.2, 0.25) is 0 Å². The zero-order chi connectivity index (χ0) is 13.4. The van der Waals surface area contributed by atoms with Gasteiger partial charge in [0.05, 0.1) is 12.9 Å². The van der Waals surface area contributed by atoms with Gasteiger partial charge >= 0.3 is 5.97 Å². The van der Waals surface area contributed by atoms with E-state index in [9.17, 15) is 4.79 Å². The molecule has 1 rings (SSSR count). The third-order valence-electron chi connectivity index (χ3n) is 3.02. The van der Waals surface area contributed by atoms with Crippen molar-refractivity contribution in [2.24, 2.45) is 5.41 Å². The molecular weight excluding hydrogens is 232 g/mol. The van der Waals surface area contributed by atoms with Gasteiger partial charge in [0.25, 0.3) is 0 Å². The summed E-state index contributed by atoms with van der Waals surface area (Å²) in [6.45, 7) is 7.15. The quantitative estimate of drug-likeness (QED) is 0.399. The average molecular weight is 256 g/mol. The molecule has 0 amide bonds. The Balaban J connectivity index is 2.25. The van der Waals surface area contributed by atoms with Crippen LogP contribution in [0.4, 0.5) is 0 Å². The molecule has 18 heavy (non-hydrogen) atoms. The van der Waals surface area contributed by atoms with E-state index in [0.29, 0.717) is 6.61 Å². The number of hydrogen-bond donors (Lipinski definition) is 0. The van der Waals surface area contributed by atoms with Gasteiger partial charge < -0.3 is 14.2 Å². The second kappa shape index (κ2) is 7.54. The van der Waals surface area contributed by atoms with Crippen molar-refractivity contribution in [2.45, 2.75) is 52.7 Å². The molecule has 1 heterocycles. The largest absolute Gasteiger partial charge is 0.435 e. The second-order valence-corrected chi connectivity index (χ2v) is 5.17. The molecule has 2 unspecified atom stereocenters. The van der Waals surface area contributed by atoms with Crippen LogP contribution in [-0.4, -0.2) is 25.5 Å². The lowest BCUT2D eigenvalue weighted by molar-refractivity contribution is -0.135. The van der Waals surface area contributed by atoms with Gasteiger partial charge in [0.1, 0.15) is 0 Å². The first-order valence-corrected chi connectivity index (χ1v) is 6.61. The van der Waals surface area contributed by atoms with Crippen LogP contribution < -0.4 is 0 Å². The fourth-order valence-electron chi connectivity index (χ4n) is 1.90. The van der Waals surface area contributed by atoms with Crippen LogP contribution in [0.1, 0.15) is 46.5 Å². The predicted molar refractivity (Wildman–Crippen MR) is 68.8 cm³/mol. The van der Waals surface area contributed by atoms with Crippen LogP contribution in [0.5, 0.6) is 0 Å². The van der Waals surface area contributed by atoms with E-state index in [1.54, 1.807) is 0 Å². The number of hydrogen-bond acceptors (Lipinski definition) is 4. The van der Waals surface area contributed by atoms with Crippen LogP contribution in [0.25, 0.3) is 0 Å². The monoisotopic (exact) mass is 256 g/mol. The lowest BCUT2D eigenvalue weighted by atomic mass is 9.86. The number of carbonyl (C=O) groups excluding carboxylic acids is 1. The topological polar surface area (TPSA) is 44.8 Å². The molecule has 2 atom stereocenters. The zero-order valence-electron chi connectivity index (χ0n) is 11.6. The summed E-state index contributed by atoms with van der Waals surface area (Å²) in [5.41, 5.74) is 0.0769. The van der Waals surface area contributed by atoms with E-state index in [0.717, 1.165) is 32.3 Å².